The summed E-state index contributed by atoms with van der Waals surface area (Å²) in [4.78, 5) is 39.8. The number of amides is 2. The standard InChI is InChI=1S/C24H21ClN4O4/c25-22-11-10-20(29(32)33)16-21(22)23(30)26-18-8-6-17(7-9-18)24(31)28-14-12-27(13-15-28)19-4-2-1-3-5-19/h1-11,16H,12-15H2,(H,26,30). The van der Waals surface area contributed by atoms with Crippen molar-refractivity contribution in [1.82, 2.24) is 4.90 Å². The Bertz CT molecular complexity index is 1180. The predicted molar refractivity (Wildman–Crippen MR) is 127 cm³/mol. The van der Waals surface area contributed by atoms with E-state index in [9.17, 15) is 19.7 Å². The molecule has 0 aromatic heterocycles. The Hall–Kier alpha value is -3.91. The largest absolute Gasteiger partial charge is 0.368 e. The van der Waals surface area contributed by atoms with Gasteiger partial charge in [0.15, 0.2) is 0 Å². The number of rotatable bonds is 5. The van der Waals surface area contributed by atoms with Gasteiger partial charge in [-0.05, 0) is 42.5 Å². The van der Waals surface area contributed by atoms with Gasteiger partial charge >= 0.3 is 0 Å². The third-order valence-electron chi connectivity index (χ3n) is 5.48. The lowest BCUT2D eigenvalue weighted by Gasteiger charge is -2.36. The first-order valence-electron chi connectivity index (χ1n) is 10.4. The number of non-ortho nitro benzene ring substituents is 1. The fraction of sp³-hybridized carbons (Fsp3) is 0.167. The van der Waals surface area contributed by atoms with Crippen LogP contribution in [0.25, 0.3) is 0 Å². The number of nitro benzene ring substituents is 1. The van der Waals surface area contributed by atoms with E-state index in [1.54, 1.807) is 24.3 Å². The molecule has 3 aromatic carbocycles. The minimum Gasteiger partial charge on any atom is -0.368 e. The van der Waals surface area contributed by atoms with E-state index in [2.05, 4.69) is 22.3 Å². The lowest BCUT2D eigenvalue weighted by atomic mass is 10.1. The maximum absolute atomic E-state index is 12.9. The number of halogens is 1. The quantitative estimate of drug-likeness (QED) is 0.444. The Morgan fingerprint density at radius 3 is 2.21 bits per heavy atom. The molecule has 8 nitrogen and oxygen atoms in total. The second-order valence-corrected chi connectivity index (χ2v) is 7.97. The van der Waals surface area contributed by atoms with Gasteiger partial charge in [-0.25, -0.2) is 0 Å². The zero-order valence-electron chi connectivity index (χ0n) is 17.6. The predicted octanol–water partition coefficient (Wildman–Crippen LogP) is 4.46. The van der Waals surface area contributed by atoms with Crippen LogP contribution in [0.15, 0.2) is 72.8 Å². The first-order chi connectivity index (χ1) is 15.9. The van der Waals surface area contributed by atoms with E-state index >= 15 is 0 Å². The zero-order valence-corrected chi connectivity index (χ0v) is 18.4. The molecule has 0 aliphatic carbocycles. The maximum atomic E-state index is 12.9. The van der Waals surface area contributed by atoms with Gasteiger partial charge in [-0.15, -0.1) is 0 Å². The number of carbonyl (C=O) groups excluding carboxylic acids is 2. The van der Waals surface area contributed by atoms with Crippen LogP contribution in [0.3, 0.4) is 0 Å². The molecule has 1 saturated heterocycles. The molecule has 0 unspecified atom stereocenters. The van der Waals surface area contributed by atoms with Gasteiger partial charge in [0.1, 0.15) is 0 Å². The average Bonchev–Trinajstić information content (AvgIpc) is 2.85. The molecule has 0 atom stereocenters. The van der Waals surface area contributed by atoms with Crippen molar-refractivity contribution in [3.63, 3.8) is 0 Å². The minimum absolute atomic E-state index is 0.00214. The molecule has 0 radical (unpaired) electrons. The number of nitrogens with one attached hydrogen (secondary N) is 1. The first-order valence-corrected chi connectivity index (χ1v) is 10.7. The van der Waals surface area contributed by atoms with Crippen molar-refractivity contribution in [2.45, 2.75) is 0 Å². The molecular weight excluding hydrogens is 444 g/mol. The van der Waals surface area contributed by atoms with E-state index in [0.29, 0.717) is 24.3 Å². The number of nitro groups is 1. The summed E-state index contributed by atoms with van der Waals surface area (Å²) in [6.45, 7) is 2.76. The van der Waals surface area contributed by atoms with Crippen LogP contribution in [0.4, 0.5) is 17.1 Å². The van der Waals surface area contributed by atoms with Crippen LogP contribution >= 0.6 is 11.6 Å². The summed E-state index contributed by atoms with van der Waals surface area (Å²) in [5, 5.41) is 13.7. The van der Waals surface area contributed by atoms with Crippen LogP contribution in [-0.4, -0.2) is 47.8 Å². The van der Waals surface area contributed by atoms with Crippen molar-refractivity contribution >= 4 is 40.5 Å². The van der Waals surface area contributed by atoms with E-state index in [-0.39, 0.29) is 22.2 Å². The second kappa shape index (κ2) is 9.70. The van der Waals surface area contributed by atoms with Gasteiger partial charge < -0.3 is 15.1 Å². The van der Waals surface area contributed by atoms with Crippen molar-refractivity contribution in [3.8, 4) is 0 Å². The lowest BCUT2D eigenvalue weighted by molar-refractivity contribution is -0.384. The number of benzene rings is 3. The topological polar surface area (TPSA) is 95.8 Å². The Morgan fingerprint density at radius 1 is 0.909 bits per heavy atom. The summed E-state index contributed by atoms with van der Waals surface area (Å²) in [5.41, 5.74) is 1.90. The number of nitrogens with zero attached hydrogens (tertiary/aromatic N) is 3. The summed E-state index contributed by atoms with van der Waals surface area (Å²) in [6.07, 6.45) is 0. The molecule has 1 aliphatic heterocycles. The lowest BCUT2D eigenvalue weighted by Crippen LogP contribution is -2.48. The van der Waals surface area contributed by atoms with Gasteiger partial charge in [-0.2, -0.15) is 0 Å². The number of para-hydroxylation sites is 1. The minimum atomic E-state index is -0.590. The van der Waals surface area contributed by atoms with E-state index in [1.807, 2.05) is 23.1 Å². The van der Waals surface area contributed by atoms with E-state index in [1.165, 1.54) is 12.1 Å². The summed E-state index contributed by atoms with van der Waals surface area (Å²) >= 11 is 6.03. The van der Waals surface area contributed by atoms with Crippen molar-refractivity contribution in [1.29, 1.82) is 0 Å². The molecule has 1 N–H and O–H groups in total. The number of anilines is 2. The van der Waals surface area contributed by atoms with Crippen LogP contribution in [0.2, 0.25) is 5.02 Å². The Labute approximate surface area is 195 Å². The molecule has 1 aliphatic rings. The first kappa shape index (κ1) is 22.3. The summed E-state index contributed by atoms with van der Waals surface area (Å²) in [5.74, 6) is -0.637. The van der Waals surface area contributed by atoms with Crippen molar-refractivity contribution < 1.29 is 14.5 Å². The molecule has 4 rings (SSSR count). The van der Waals surface area contributed by atoms with Gasteiger partial charge in [-0.3, -0.25) is 19.7 Å². The Balaban J connectivity index is 1.37. The van der Waals surface area contributed by atoms with Gasteiger partial charge in [-0.1, -0.05) is 29.8 Å². The molecule has 33 heavy (non-hydrogen) atoms. The highest BCUT2D eigenvalue weighted by Crippen LogP contribution is 2.23. The molecule has 9 heteroatoms. The average molecular weight is 465 g/mol. The van der Waals surface area contributed by atoms with E-state index in [0.717, 1.165) is 24.8 Å². The highest BCUT2D eigenvalue weighted by molar-refractivity contribution is 6.34. The van der Waals surface area contributed by atoms with Crippen molar-refractivity contribution in [2.75, 3.05) is 36.4 Å². The molecule has 1 fully saturated rings. The zero-order chi connectivity index (χ0) is 23.4. The van der Waals surface area contributed by atoms with Gasteiger partial charge in [0.25, 0.3) is 17.5 Å². The van der Waals surface area contributed by atoms with Crippen LogP contribution in [0.5, 0.6) is 0 Å². The van der Waals surface area contributed by atoms with E-state index in [4.69, 9.17) is 11.6 Å². The summed E-state index contributed by atoms with van der Waals surface area (Å²) in [6, 6.07) is 20.3. The highest BCUT2D eigenvalue weighted by atomic mass is 35.5. The third kappa shape index (κ3) is 5.12. The third-order valence-corrected chi connectivity index (χ3v) is 5.81. The molecule has 0 saturated carbocycles. The van der Waals surface area contributed by atoms with Crippen molar-refractivity contribution in [2.24, 2.45) is 0 Å². The summed E-state index contributed by atoms with van der Waals surface area (Å²) in [7, 11) is 0. The SMILES string of the molecule is O=C(Nc1ccc(C(=O)N2CCN(c3ccccc3)CC2)cc1)c1cc([N+](=O)[O-])ccc1Cl. The van der Waals surface area contributed by atoms with Crippen LogP contribution < -0.4 is 10.2 Å². The normalized spacial score (nSPS) is 13.5. The van der Waals surface area contributed by atoms with Crippen LogP contribution in [0.1, 0.15) is 20.7 Å². The molecule has 1 heterocycles. The molecule has 0 spiro atoms. The van der Waals surface area contributed by atoms with Gasteiger partial charge in [0, 0.05) is 55.2 Å². The smallest absolute Gasteiger partial charge is 0.270 e. The number of hydrogen-bond acceptors (Lipinski definition) is 5. The van der Waals surface area contributed by atoms with Gasteiger partial charge in [0.05, 0.1) is 15.5 Å². The van der Waals surface area contributed by atoms with Crippen molar-refractivity contribution in [3.05, 3.63) is 99.1 Å². The van der Waals surface area contributed by atoms with Gasteiger partial charge in [0.2, 0.25) is 0 Å². The molecule has 0 bridgehead atoms. The second-order valence-electron chi connectivity index (χ2n) is 7.57. The number of piperazine rings is 1. The van der Waals surface area contributed by atoms with Crippen LogP contribution in [0, 0.1) is 10.1 Å². The fourth-order valence-corrected chi connectivity index (χ4v) is 3.89. The van der Waals surface area contributed by atoms with E-state index < -0.39 is 10.8 Å². The number of carbonyl (C=O) groups is 2. The van der Waals surface area contributed by atoms with Crippen LogP contribution in [-0.2, 0) is 0 Å². The fourth-order valence-electron chi connectivity index (χ4n) is 3.68. The monoisotopic (exact) mass is 464 g/mol. The molecule has 2 amide bonds. The number of hydrogen-bond donors (Lipinski definition) is 1. The molecule has 168 valence electrons. The maximum Gasteiger partial charge on any atom is 0.270 e. The highest BCUT2D eigenvalue weighted by Gasteiger charge is 2.22. The Morgan fingerprint density at radius 2 is 1.58 bits per heavy atom. The Kier molecular flexibility index (Phi) is 6.55. The molecule has 3 aromatic rings. The summed E-state index contributed by atoms with van der Waals surface area (Å²) < 4.78 is 0. The molecular formula is C24H21ClN4O4.